The second kappa shape index (κ2) is 7.31. The lowest BCUT2D eigenvalue weighted by Gasteiger charge is -2.08. The molecule has 2 heterocycles. The minimum Gasteiger partial charge on any atom is -0.463 e. The zero-order chi connectivity index (χ0) is 16.9. The second-order valence-corrected chi connectivity index (χ2v) is 6.31. The predicted molar refractivity (Wildman–Crippen MR) is 92.8 cm³/mol. The van der Waals surface area contributed by atoms with Gasteiger partial charge in [0.1, 0.15) is 5.52 Å². The number of carbonyl (C=O) groups excluding carboxylic acids is 1. The van der Waals surface area contributed by atoms with E-state index in [1.54, 1.807) is 16.8 Å². The van der Waals surface area contributed by atoms with Gasteiger partial charge in [0.2, 0.25) is 5.95 Å². The molecule has 0 aliphatic rings. The Morgan fingerprint density at radius 2 is 2.17 bits per heavy atom. The molecule has 0 aliphatic heterocycles. The molecule has 0 spiro atoms. The third-order valence-corrected chi connectivity index (χ3v) is 3.97. The molecule has 0 saturated heterocycles. The van der Waals surface area contributed by atoms with Gasteiger partial charge in [0.25, 0.3) is 0 Å². The van der Waals surface area contributed by atoms with Crippen LogP contribution in [-0.4, -0.2) is 38.8 Å². The van der Waals surface area contributed by atoms with E-state index >= 15 is 0 Å². The lowest BCUT2D eigenvalue weighted by atomic mass is 10.2. The van der Waals surface area contributed by atoms with Gasteiger partial charge in [-0.2, -0.15) is 0 Å². The number of rotatable bonds is 6. The average Bonchev–Trinajstić information content (AvgIpc) is 3.08. The Bertz CT molecular complexity index is 836. The van der Waals surface area contributed by atoms with Crippen molar-refractivity contribution in [2.24, 2.45) is 0 Å². The maximum Gasteiger partial charge on any atom is 0.307 e. The van der Waals surface area contributed by atoms with E-state index in [0.29, 0.717) is 18.0 Å². The molecule has 0 atom stereocenters. The van der Waals surface area contributed by atoms with Crippen LogP contribution in [0.1, 0.15) is 20.3 Å². The number of hydrogen-bond acceptors (Lipinski definition) is 8. The Morgan fingerprint density at radius 1 is 1.29 bits per heavy atom. The van der Waals surface area contributed by atoms with E-state index in [2.05, 4.69) is 25.5 Å². The highest BCUT2D eigenvalue weighted by Crippen LogP contribution is 2.25. The minimum absolute atomic E-state index is 0.108. The van der Waals surface area contributed by atoms with Crippen molar-refractivity contribution in [2.75, 3.05) is 11.9 Å². The first-order valence-electron chi connectivity index (χ1n) is 7.58. The summed E-state index contributed by atoms with van der Waals surface area (Å²) in [6.45, 7) is 4.04. The van der Waals surface area contributed by atoms with Crippen LogP contribution in [0.4, 0.5) is 5.95 Å². The van der Waals surface area contributed by atoms with Gasteiger partial charge in [-0.05, 0) is 31.5 Å². The topological polar surface area (TPSA) is 89.9 Å². The molecule has 0 fully saturated rings. The summed E-state index contributed by atoms with van der Waals surface area (Å²) in [5.74, 6) is 0.144. The highest BCUT2D eigenvalue weighted by molar-refractivity contribution is 7.13. The van der Waals surface area contributed by atoms with Crippen LogP contribution in [0.5, 0.6) is 0 Å². The number of anilines is 1. The molecule has 1 aromatic carbocycles. The molecule has 24 heavy (non-hydrogen) atoms. The summed E-state index contributed by atoms with van der Waals surface area (Å²) in [6.07, 6.45) is 1.96. The summed E-state index contributed by atoms with van der Waals surface area (Å²) in [6, 6.07) is 5.82. The fourth-order valence-corrected chi connectivity index (χ4v) is 2.74. The molecule has 0 amide bonds. The Morgan fingerprint density at radius 3 is 2.92 bits per heavy atom. The molecular weight excluding hydrogens is 326 g/mol. The Labute approximate surface area is 143 Å². The third-order valence-electron chi connectivity index (χ3n) is 3.15. The van der Waals surface area contributed by atoms with E-state index < -0.39 is 0 Å². The van der Waals surface area contributed by atoms with Crippen LogP contribution in [0, 0.1) is 0 Å². The lowest BCUT2D eigenvalue weighted by molar-refractivity contribution is -0.147. The first-order chi connectivity index (χ1) is 11.6. The van der Waals surface area contributed by atoms with E-state index in [4.69, 9.17) is 4.74 Å². The molecule has 124 valence electrons. The normalized spacial score (nSPS) is 11.0. The van der Waals surface area contributed by atoms with E-state index in [1.165, 1.54) is 0 Å². The van der Waals surface area contributed by atoms with Gasteiger partial charge in [-0.1, -0.05) is 6.07 Å². The van der Waals surface area contributed by atoms with Crippen LogP contribution in [0.3, 0.4) is 0 Å². The SMILES string of the molecule is CC(C)OC(=O)CCNc1nnc2cc(-c3cncs3)ccc2n1. The number of nitrogens with one attached hydrogen (secondary N) is 1. The summed E-state index contributed by atoms with van der Waals surface area (Å²) >= 11 is 1.57. The van der Waals surface area contributed by atoms with E-state index in [0.717, 1.165) is 16.0 Å². The van der Waals surface area contributed by atoms with Gasteiger partial charge in [0, 0.05) is 12.7 Å². The fourth-order valence-electron chi connectivity index (χ4n) is 2.12. The summed E-state index contributed by atoms with van der Waals surface area (Å²) in [5, 5.41) is 11.2. The van der Waals surface area contributed by atoms with Crippen molar-refractivity contribution in [2.45, 2.75) is 26.4 Å². The summed E-state index contributed by atoms with van der Waals surface area (Å²) in [5.41, 5.74) is 4.29. The number of nitrogens with zero attached hydrogens (tertiary/aromatic N) is 4. The number of ether oxygens (including phenoxy) is 1. The van der Waals surface area contributed by atoms with Gasteiger partial charge in [-0.3, -0.25) is 9.78 Å². The molecule has 0 bridgehead atoms. The van der Waals surface area contributed by atoms with E-state index in [-0.39, 0.29) is 18.5 Å². The number of hydrogen-bond donors (Lipinski definition) is 1. The first-order valence-corrected chi connectivity index (χ1v) is 8.46. The van der Waals surface area contributed by atoms with Crippen molar-refractivity contribution < 1.29 is 9.53 Å². The fraction of sp³-hybridized carbons (Fsp3) is 0.312. The highest BCUT2D eigenvalue weighted by Gasteiger charge is 2.07. The zero-order valence-electron chi connectivity index (χ0n) is 13.4. The largest absolute Gasteiger partial charge is 0.463 e. The smallest absolute Gasteiger partial charge is 0.307 e. The van der Waals surface area contributed by atoms with Crippen LogP contribution in [0.2, 0.25) is 0 Å². The number of thiazole rings is 1. The predicted octanol–water partition coefficient (Wildman–Crippen LogP) is 2.90. The average molecular weight is 343 g/mol. The van der Waals surface area contributed by atoms with Crippen molar-refractivity contribution in [3.63, 3.8) is 0 Å². The Balaban J connectivity index is 1.66. The van der Waals surface area contributed by atoms with Crippen molar-refractivity contribution in [3.8, 4) is 10.4 Å². The van der Waals surface area contributed by atoms with E-state index in [1.807, 2.05) is 38.2 Å². The van der Waals surface area contributed by atoms with Crippen molar-refractivity contribution >= 4 is 34.3 Å². The Hall–Kier alpha value is -2.61. The van der Waals surface area contributed by atoms with Crippen molar-refractivity contribution in [3.05, 3.63) is 29.9 Å². The molecule has 0 unspecified atom stereocenters. The monoisotopic (exact) mass is 343 g/mol. The van der Waals surface area contributed by atoms with Gasteiger partial charge >= 0.3 is 5.97 Å². The molecule has 2 aromatic heterocycles. The number of aromatic nitrogens is 4. The summed E-state index contributed by atoms with van der Waals surface area (Å²) < 4.78 is 5.07. The molecule has 3 rings (SSSR count). The molecule has 1 N–H and O–H groups in total. The van der Waals surface area contributed by atoms with Gasteiger partial charge in [-0.25, -0.2) is 4.98 Å². The molecule has 8 heteroatoms. The standard InChI is InChI=1S/C16H17N5O2S/c1-10(2)23-15(22)5-6-18-16-19-12-4-3-11(7-13(12)20-21-16)14-8-17-9-24-14/h3-4,7-10H,5-6H2,1-2H3,(H,18,19,21). The minimum atomic E-state index is -0.250. The summed E-state index contributed by atoms with van der Waals surface area (Å²) in [4.78, 5) is 21.0. The maximum atomic E-state index is 11.5. The molecule has 7 nitrogen and oxygen atoms in total. The maximum absolute atomic E-state index is 11.5. The van der Waals surface area contributed by atoms with Crippen molar-refractivity contribution in [1.82, 2.24) is 20.2 Å². The summed E-state index contributed by atoms with van der Waals surface area (Å²) in [7, 11) is 0. The second-order valence-electron chi connectivity index (χ2n) is 5.42. The van der Waals surface area contributed by atoms with Crippen LogP contribution >= 0.6 is 11.3 Å². The van der Waals surface area contributed by atoms with Crippen LogP contribution in [0.25, 0.3) is 21.5 Å². The van der Waals surface area contributed by atoms with Crippen molar-refractivity contribution in [1.29, 1.82) is 0 Å². The van der Waals surface area contributed by atoms with E-state index in [9.17, 15) is 4.79 Å². The zero-order valence-corrected chi connectivity index (χ0v) is 14.2. The van der Waals surface area contributed by atoms with Gasteiger partial charge in [-0.15, -0.1) is 21.5 Å². The molecule has 0 saturated carbocycles. The number of esters is 1. The molecular formula is C16H17N5O2S. The molecule has 0 radical (unpaired) electrons. The lowest BCUT2D eigenvalue weighted by Crippen LogP contribution is -2.16. The van der Waals surface area contributed by atoms with Crippen LogP contribution in [-0.2, 0) is 9.53 Å². The Kier molecular flexibility index (Phi) is 4.95. The van der Waals surface area contributed by atoms with Gasteiger partial charge < -0.3 is 10.1 Å². The van der Waals surface area contributed by atoms with Gasteiger partial charge in [0.05, 0.1) is 28.4 Å². The molecule has 0 aliphatic carbocycles. The quantitative estimate of drug-likeness (QED) is 0.688. The van der Waals surface area contributed by atoms with Gasteiger partial charge in [0.15, 0.2) is 0 Å². The highest BCUT2D eigenvalue weighted by atomic mass is 32.1. The first kappa shape index (κ1) is 16.3. The number of carbonyl (C=O) groups is 1. The van der Waals surface area contributed by atoms with Crippen LogP contribution in [0.15, 0.2) is 29.9 Å². The number of fused-ring (bicyclic) bond motifs is 1. The number of benzene rings is 1. The molecule has 3 aromatic rings. The third kappa shape index (κ3) is 4.02. The van der Waals surface area contributed by atoms with Crippen LogP contribution < -0.4 is 5.32 Å².